The number of Topliss-reactive ketones (excluding diaryl/α,β-unsaturated/α-hetero) is 1. The van der Waals surface area contributed by atoms with Crippen molar-refractivity contribution in [2.24, 2.45) is 0 Å². The summed E-state index contributed by atoms with van der Waals surface area (Å²) in [6.45, 7) is 0. The maximum atomic E-state index is 12.3. The molecule has 2 aromatic rings. The number of rotatable bonds is 2. The molecule has 22 heavy (non-hydrogen) atoms. The minimum atomic E-state index is -1.40. The number of aliphatic hydroxyl groups excluding tert-OH is 1. The van der Waals surface area contributed by atoms with E-state index in [1.54, 1.807) is 12.1 Å². The molecule has 0 aromatic heterocycles. The molecule has 0 radical (unpaired) electrons. The summed E-state index contributed by atoms with van der Waals surface area (Å²) in [6.07, 6.45) is -2.37. The highest BCUT2D eigenvalue weighted by Gasteiger charge is 2.37. The average molecular weight is 302 g/mol. The molecule has 114 valence electrons. The van der Waals surface area contributed by atoms with Crippen LogP contribution in [0.25, 0.3) is 0 Å². The molecule has 2 atom stereocenters. The summed E-state index contributed by atoms with van der Waals surface area (Å²) >= 11 is 0. The number of aromatic hydroxyl groups is 2. The van der Waals surface area contributed by atoms with Gasteiger partial charge in [0.2, 0.25) is 0 Å². The van der Waals surface area contributed by atoms with E-state index in [2.05, 4.69) is 0 Å². The van der Waals surface area contributed by atoms with E-state index in [0.717, 1.165) is 0 Å². The Kier molecular flexibility index (Phi) is 3.38. The molecule has 3 N–H and O–H groups in total. The van der Waals surface area contributed by atoms with Gasteiger partial charge in [0, 0.05) is 6.07 Å². The van der Waals surface area contributed by atoms with Gasteiger partial charge in [-0.2, -0.15) is 0 Å². The van der Waals surface area contributed by atoms with E-state index in [1.807, 2.05) is 0 Å². The second kappa shape index (κ2) is 5.23. The van der Waals surface area contributed by atoms with Crippen LogP contribution in [-0.2, 0) is 0 Å². The molecule has 1 aliphatic heterocycles. The normalized spacial score (nSPS) is 20.2. The van der Waals surface area contributed by atoms with Gasteiger partial charge in [-0.15, -0.1) is 0 Å². The number of phenolic OH excluding ortho intramolecular Hbond substituents is 2. The van der Waals surface area contributed by atoms with Crippen LogP contribution in [0.5, 0.6) is 23.0 Å². The third-order valence-corrected chi connectivity index (χ3v) is 3.59. The summed E-state index contributed by atoms with van der Waals surface area (Å²) in [6, 6.07) is 8.70. The van der Waals surface area contributed by atoms with Crippen LogP contribution in [0.4, 0.5) is 0 Å². The lowest BCUT2D eigenvalue weighted by atomic mass is 9.93. The third kappa shape index (κ3) is 2.23. The molecule has 1 aliphatic rings. The molecule has 0 aliphatic carbocycles. The first kappa shape index (κ1) is 14.2. The number of hydrogen-bond acceptors (Lipinski definition) is 6. The van der Waals surface area contributed by atoms with Crippen molar-refractivity contribution in [3.05, 3.63) is 47.5 Å². The first-order valence-corrected chi connectivity index (χ1v) is 6.60. The van der Waals surface area contributed by atoms with Crippen LogP contribution in [-0.4, -0.2) is 34.3 Å². The van der Waals surface area contributed by atoms with Crippen LogP contribution in [0.1, 0.15) is 22.0 Å². The number of carbonyl (C=O) groups is 1. The number of methoxy groups -OCH3 is 1. The van der Waals surface area contributed by atoms with Crippen molar-refractivity contribution in [3.8, 4) is 23.0 Å². The first-order chi connectivity index (χ1) is 10.5. The fourth-order valence-corrected chi connectivity index (χ4v) is 2.40. The minimum absolute atomic E-state index is 0.271. The van der Waals surface area contributed by atoms with E-state index >= 15 is 0 Å². The van der Waals surface area contributed by atoms with Crippen molar-refractivity contribution in [2.45, 2.75) is 12.2 Å². The summed E-state index contributed by atoms with van der Waals surface area (Å²) in [5.74, 6) is -0.288. The Bertz CT molecular complexity index is 739. The molecule has 0 spiro atoms. The van der Waals surface area contributed by atoms with Crippen molar-refractivity contribution in [1.29, 1.82) is 0 Å². The van der Waals surface area contributed by atoms with Gasteiger partial charge >= 0.3 is 0 Å². The molecule has 0 saturated heterocycles. The van der Waals surface area contributed by atoms with Gasteiger partial charge in [-0.05, 0) is 29.8 Å². The Balaban J connectivity index is 2.03. The topological polar surface area (TPSA) is 96.2 Å². The molecule has 6 heteroatoms. The van der Waals surface area contributed by atoms with Gasteiger partial charge in [0.25, 0.3) is 0 Å². The largest absolute Gasteiger partial charge is 0.504 e. The average Bonchev–Trinajstić information content (AvgIpc) is 2.53. The summed E-state index contributed by atoms with van der Waals surface area (Å²) in [5.41, 5.74) is 0.650. The smallest absolute Gasteiger partial charge is 0.199 e. The predicted octanol–water partition coefficient (Wildman–Crippen LogP) is 1.78. The second-order valence-corrected chi connectivity index (χ2v) is 4.96. The van der Waals surface area contributed by atoms with E-state index < -0.39 is 18.0 Å². The van der Waals surface area contributed by atoms with Crippen LogP contribution in [0.3, 0.4) is 0 Å². The Morgan fingerprint density at radius 2 is 1.86 bits per heavy atom. The maximum absolute atomic E-state index is 12.3. The molecule has 0 saturated carbocycles. The lowest BCUT2D eigenvalue weighted by molar-refractivity contribution is 0.0215. The van der Waals surface area contributed by atoms with Crippen LogP contribution in [0.2, 0.25) is 0 Å². The Morgan fingerprint density at radius 1 is 1.09 bits per heavy atom. The lowest BCUT2D eigenvalue weighted by Gasteiger charge is -2.30. The lowest BCUT2D eigenvalue weighted by Crippen LogP contribution is -2.36. The highest BCUT2D eigenvalue weighted by molar-refractivity contribution is 6.03. The van der Waals surface area contributed by atoms with Gasteiger partial charge in [0.1, 0.15) is 11.5 Å². The van der Waals surface area contributed by atoms with Gasteiger partial charge < -0.3 is 24.8 Å². The quantitative estimate of drug-likeness (QED) is 0.732. The van der Waals surface area contributed by atoms with Crippen LogP contribution in [0.15, 0.2) is 36.4 Å². The summed E-state index contributed by atoms with van der Waals surface area (Å²) < 4.78 is 10.8. The zero-order valence-corrected chi connectivity index (χ0v) is 11.7. The Labute approximate surface area is 126 Å². The van der Waals surface area contributed by atoms with E-state index in [0.29, 0.717) is 17.1 Å². The molecule has 2 aromatic carbocycles. The van der Waals surface area contributed by atoms with Crippen molar-refractivity contribution >= 4 is 5.78 Å². The number of hydrogen-bond donors (Lipinski definition) is 3. The molecule has 3 rings (SSSR count). The van der Waals surface area contributed by atoms with Crippen LogP contribution in [0, 0.1) is 0 Å². The molecule has 1 heterocycles. The van der Waals surface area contributed by atoms with E-state index in [4.69, 9.17) is 9.47 Å². The number of aliphatic hydroxyl groups is 1. The summed E-state index contributed by atoms with van der Waals surface area (Å²) in [7, 11) is 1.50. The van der Waals surface area contributed by atoms with Crippen LogP contribution < -0.4 is 9.47 Å². The standard InChI is InChI=1S/C16H14O6/c1-21-9-3-4-10-13(7-9)22-16(15(20)14(10)19)8-2-5-11(17)12(18)6-8/h2-7,15-18,20H,1H3/t15-,16+/m1/s1. The van der Waals surface area contributed by atoms with Gasteiger partial charge in [0.15, 0.2) is 29.5 Å². The van der Waals surface area contributed by atoms with E-state index in [-0.39, 0.29) is 17.1 Å². The molecule has 6 nitrogen and oxygen atoms in total. The monoisotopic (exact) mass is 302 g/mol. The van der Waals surface area contributed by atoms with E-state index in [1.165, 1.54) is 31.4 Å². The number of carbonyl (C=O) groups excluding carboxylic acids is 1. The SMILES string of the molecule is COc1ccc2c(c1)O[C@@H](c1ccc(O)c(O)c1)[C@H](O)C2=O. The van der Waals surface area contributed by atoms with Gasteiger partial charge in [-0.1, -0.05) is 6.07 Å². The molecular weight excluding hydrogens is 288 g/mol. The highest BCUT2D eigenvalue weighted by atomic mass is 16.5. The summed E-state index contributed by atoms with van der Waals surface area (Å²) in [4.78, 5) is 12.3. The number of phenols is 2. The third-order valence-electron chi connectivity index (χ3n) is 3.59. The number of fused-ring (bicyclic) bond motifs is 1. The predicted molar refractivity (Wildman–Crippen MR) is 76.5 cm³/mol. The summed E-state index contributed by atoms with van der Waals surface area (Å²) in [5, 5.41) is 29.1. The zero-order valence-electron chi connectivity index (χ0n) is 11.7. The second-order valence-electron chi connectivity index (χ2n) is 4.96. The maximum Gasteiger partial charge on any atom is 0.199 e. The fraction of sp³-hybridized carbons (Fsp3) is 0.188. The Hall–Kier alpha value is -2.73. The Morgan fingerprint density at radius 3 is 2.55 bits per heavy atom. The number of ether oxygens (including phenoxy) is 2. The molecule has 0 fully saturated rings. The van der Waals surface area contributed by atoms with Gasteiger partial charge in [-0.3, -0.25) is 4.79 Å². The fourth-order valence-electron chi connectivity index (χ4n) is 2.40. The zero-order chi connectivity index (χ0) is 15.9. The minimum Gasteiger partial charge on any atom is -0.504 e. The van der Waals surface area contributed by atoms with Crippen molar-refractivity contribution in [3.63, 3.8) is 0 Å². The highest BCUT2D eigenvalue weighted by Crippen LogP contribution is 2.39. The van der Waals surface area contributed by atoms with Crippen molar-refractivity contribution in [1.82, 2.24) is 0 Å². The molecule has 0 amide bonds. The van der Waals surface area contributed by atoms with Gasteiger partial charge in [-0.25, -0.2) is 0 Å². The molecule has 0 bridgehead atoms. The van der Waals surface area contributed by atoms with Crippen LogP contribution >= 0.6 is 0 Å². The van der Waals surface area contributed by atoms with Gasteiger partial charge in [0.05, 0.1) is 12.7 Å². The van der Waals surface area contributed by atoms with E-state index in [9.17, 15) is 20.1 Å². The van der Waals surface area contributed by atoms with Crippen molar-refractivity contribution < 1.29 is 29.6 Å². The number of benzene rings is 2. The molecule has 0 unspecified atom stereocenters. The number of ketones is 1. The van der Waals surface area contributed by atoms with Crippen molar-refractivity contribution in [2.75, 3.05) is 7.11 Å². The first-order valence-electron chi connectivity index (χ1n) is 6.60. The molecular formula is C16H14O6.